The van der Waals surface area contributed by atoms with Crippen LogP contribution in [0.5, 0.6) is 0 Å². The standard InChI is InChI=1S/C13H20N2O/c1-16-13(12-5-3-2-4-6-12)11-15-9-7-14-8-10-15/h2-6,13-14H,7-11H2,1H3/t13-/m1/s1. The normalized spacial score (nSPS) is 19.6. The van der Waals surface area contributed by atoms with Gasteiger partial charge in [0.25, 0.3) is 0 Å². The molecule has 1 N–H and O–H groups in total. The first-order valence-electron chi connectivity index (χ1n) is 5.91. The van der Waals surface area contributed by atoms with Crippen LogP contribution >= 0.6 is 0 Å². The van der Waals surface area contributed by atoms with E-state index in [1.54, 1.807) is 7.11 Å². The monoisotopic (exact) mass is 220 g/mol. The van der Waals surface area contributed by atoms with Gasteiger partial charge in [0.2, 0.25) is 0 Å². The number of methoxy groups -OCH3 is 1. The lowest BCUT2D eigenvalue weighted by Gasteiger charge is -2.30. The summed E-state index contributed by atoms with van der Waals surface area (Å²) >= 11 is 0. The Morgan fingerprint density at radius 1 is 1.25 bits per heavy atom. The maximum Gasteiger partial charge on any atom is 0.0947 e. The Hall–Kier alpha value is -0.900. The molecule has 1 saturated heterocycles. The fraction of sp³-hybridized carbons (Fsp3) is 0.538. The molecule has 1 aliphatic heterocycles. The topological polar surface area (TPSA) is 24.5 Å². The lowest BCUT2D eigenvalue weighted by atomic mass is 10.1. The summed E-state index contributed by atoms with van der Waals surface area (Å²) in [6.07, 6.45) is 0.194. The minimum absolute atomic E-state index is 0.194. The number of nitrogens with one attached hydrogen (secondary N) is 1. The molecule has 88 valence electrons. The van der Waals surface area contributed by atoms with Crippen LogP contribution in [0.1, 0.15) is 11.7 Å². The first-order valence-corrected chi connectivity index (χ1v) is 5.91. The molecule has 3 heteroatoms. The predicted molar refractivity (Wildman–Crippen MR) is 65.5 cm³/mol. The smallest absolute Gasteiger partial charge is 0.0947 e. The molecule has 0 saturated carbocycles. The van der Waals surface area contributed by atoms with Crippen molar-refractivity contribution < 1.29 is 4.74 Å². The van der Waals surface area contributed by atoms with Crippen LogP contribution in [0.4, 0.5) is 0 Å². The fourth-order valence-corrected chi connectivity index (χ4v) is 2.11. The number of benzene rings is 1. The number of rotatable bonds is 4. The van der Waals surface area contributed by atoms with E-state index in [1.807, 2.05) is 6.07 Å². The number of hydrogen-bond donors (Lipinski definition) is 1. The van der Waals surface area contributed by atoms with E-state index in [0.717, 1.165) is 32.7 Å². The molecule has 1 fully saturated rings. The summed E-state index contributed by atoms with van der Waals surface area (Å²) in [5.41, 5.74) is 1.27. The van der Waals surface area contributed by atoms with Gasteiger partial charge in [0.05, 0.1) is 6.10 Å². The Morgan fingerprint density at radius 3 is 2.56 bits per heavy atom. The highest BCUT2D eigenvalue weighted by atomic mass is 16.5. The summed E-state index contributed by atoms with van der Waals surface area (Å²) in [6, 6.07) is 10.5. The van der Waals surface area contributed by atoms with Crippen molar-refractivity contribution in [1.29, 1.82) is 0 Å². The zero-order valence-corrected chi connectivity index (χ0v) is 9.86. The largest absolute Gasteiger partial charge is 0.375 e. The third-order valence-electron chi connectivity index (χ3n) is 3.09. The van der Waals surface area contributed by atoms with Crippen LogP contribution in [-0.2, 0) is 4.74 Å². The molecule has 0 amide bonds. The van der Waals surface area contributed by atoms with Gasteiger partial charge in [-0.1, -0.05) is 30.3 Å². The highest BCUT2D eigenvalue weighted by Gasteiger charge is 2.16. The lowest BCUT2D eigenvalue weighted by Crippen LogP contribution is -2.45. The van der Waals surface area contributed by atoms with E-state index in [0.29, 0.717) is 0 Å². The molecule has 1 aromatic carbocycles. The maximum atomic E-state index is 5.58. The fourth-order valence-electron chi connectivity index (χ4n) is 2.11. The Labute approximate surface area is 97.4 Å². The molecule has 0 unspecified atom stereocenters. The van der Waals surface area contributed by atoms with Crippen molar-refractivity contribution >= 4 is 0 Å². The van der Waals surface area contributed by atoms with Gasteiger partial charge in [0.1, 0.15) is 0 Å². The zero-order valence-electron chi connectivity index (χ0n) is 9.86. The highest BCUT2D eigenvalue weighted by Crippen LogP contribution is 2.17. The summed E-state index contributed by atoms with van der Waals surface area (Å²) in [4.78, 5) is 2.46. The molecule has 0 radical (unpaired) electrons. The Bertz CT molecular complexity index is 296. The van der Waals surface area contributed by atoms with E-state index in [4.69, 9.17) is 4.74 Å². The van der Waals surface area contributed by atoms with Crippen LogP contribution in [-0.4, -0.2) is 44.7 Å². The average Bonchev–Trinajstić information content (AvgIpc) is 2.38. The molecule has 0 spiro atoms. The van der Waals surface area contributed by atoms with Gasteiger partial charge in [-0.05, 0) is 5.56 Å². The molecular formula is C13H20N2O. The average molecular weight is 220 g/mol. The molecule has 2 rings (SSSR count). The van der Waals surface area contributed by atoms with E-state index < -0.39 is 0 Å². The van der Waals surface area contributed by atoms with Crippen molar-refractivity contribution in [2.45, 2.75) is 6.10 Å². The van der Waals surface area contributed by atoms with Gasteiger partial charge in [-0.25, -0.2) is 0 Å². The Kier molecular flexibility index (Phi) is 4.34. The third-order valence-corrected chi connectivity index (χ3v) is 3.09. The second kappa shape index (κ2) is 5.99. The van der Waals surface area contributed by atoms with Crippen molar-refractivity contribution in [3.05, 3.63) is 35.9 Å². The first-order chi connectivity index (χ1) is 7.90. The number of hydrogen-bond acceptors (Lipinski definition) is 3. The summed E-state index contributed by atoms with van der Waals surface area (Å²) in [5.74, 6) is 0. The van der Waals surface area contributed by atoms with Gasteiger partial charge in [-0.15, -0.1) is 0 Å². The number of piperazine rings is 1. The minimum atomic E-state index is 0.194. The van der Waals surface area contributed by atoms with Gasteiger partial charge in [0, 0.05) is 39.8 Å². The highest BCUT2D eigenvalue weighted by molar-refractivity contribution is 5.17. The molecule has 3 nitrogen and oxygen atoms in total. The molecule has 1 aliphatic rings. The SMILES string of the molecule is CO[C@H](CN1CCNCC1)c1ccccc1. The maximum absolute atomic E-state index is 5.58. The minimum Gasteiger partial charge on any atom is -0.375 e. The van der Waals surface area contributed by atoms with Crippen LogP contribution in [0, 0.1) is 0 Å². The number of nitrogens with zero attached hydrogens (tertiary/aromatic N) is 1. The molecule has 1 atom stereocenters. The predicted octanol–water partition coefficient (Wildman–Crippen LogP) is 1.28. The molecule has 0 bridgehead atoms. The van der Waals surface area contributed by atoms with Crippen molar-refractivity contribution in [2.75, 3.05) is 39.8 Å². The summed E-state index contributed by atoms with van der Waals surface area (Å²) in [5, 5.41) is 3.36. The van der Waals surface area contributed by atoms with Gasteiger partial charge < -0.3 is 10.1 Å². The second-order valence-electron chi connectivity index (χ2n) is 4.19. The second-order valence-corrected chi connectivity index (χ2v) is 4.19. The van der Waals surface area contributed by atoms with Crippen LogP contribution in [0.25, 0.3) is 0 Å². The van der Waals surface area contributed by atoms with Gasteiger partial charge in [-0.3, -0.25) is 4.90 Å². The van der Waals surface area contributed by atoms with Crippen LogP contribution < -0.4 is 5.32 Å². The van der Waals surface area contributed by atoms with E-state index in [9.17, 15) is 0 Å². The molecular weight excluding hydrogens is 200 g/mol. The van der Waals surface area contributed by atoms with Crippen molar-refractivity contribution in [3.8, 4) is 0 Å². The lowest BCUT2D eigenvalue weighted by molar-refractivity contribution is 0.0594. The van der Waals surface area contributed by atoms with E-state index in [2.05, 4.69) is 34.5 Å². The summed E-state index contributed by atoms with van der Waals surface area (Å²) < 4.78 is 5.58. The van der Waals surface area contributed by atoms with E-state index in [-0.39, 0.29) is 6.10 Å². The quantitative estimate of drug-likeness (QED) is 0.827. The number of ether oxygens (including phenoxy) is 1. The molecule has 0 aliphatic carbocycles. The zero-order chi connectivity index (χ0) is 11.2. The third kappa shape index (κ3) is 3.04. The van der Waals surface area contributed by atoms with E-state index in [1.165, 1.54) is 5.56 Å². The van der Waals surface area contributed by atoms with Crippen molar-refractivity contribution in [2.24, 2.45) is 0 Å². The molecule has 1 heterocycles. The first kappa shape index (κ1) is 11.6. The van der Waals surface area contributed by atoms with Crippen LogP contribution in [0.3, 0.4) is 0 Å². The van der Waals surface area contributed by atoms with Crippen LogP contribution in [0.2, 0.25) is 0 Å². The van der Waals surface area contributed by atoms with Gasteiger partial charge in [0.15, 0.2) is 0 Å². The summed E-state index contributed by atoms with van der Waals surface area (Å²) in [6.45, 7) is 5.40. The molecule has 16 heavy (non-hydrogen) atoms. The summed E-state index contributed by atoms with van der Waals surface area (Å²) in [7, 11) is 1.79. The van der Waals surface area contributed by atoms with Crippen molar-refractivity contribution in [1.82, 2.24) is 10.2 Å². The van der Waals surface area contributed by atoms with Gasteiger partial charge >= 0.3 is 0 Å². The van der Waals surface area contributed by atoms with Gasteiger partial charge in [-0.2, -0.15) is 0 Å². The Balaban J connectivity index is 1.94. The van der Waals surface area contributed by atoms with Crippen molar-refractivity contribution in [3.63, 3.8) is 0 Å². The molecule has 0 aromatic heterocycles. The van der Waals surface area contributed by atoms with Crippen LogP contribution in [0.15, 0.2) is 30.3 Å². The Morgan fingerprint density at radius 2 is 1.94 bits per heavy atom. The van der Waals surface area contributed by atoms with E-state index >= 15 is 0 Å². The molecule has 1 aromatic rings.